The van der Waals surface area contributed by atoms with Gasteiger partial charge in [0.15, 0.2) is 0 Å². The molecular weight excluding hydrogens is 410 g/mol. The number of carbonyl (C=O) groups excluding carboxylic acids is 2. The molecule has 0 spiro atoms. The van der Waals surface area contributed by atoms with E-state index in [4.69, 9.17) is 4.74 Å². The van der Waals surface area contributed by atoms with E-state index in [0.29, 0.717) is 5.92 Å². The van der Waals surface area contributed by atoms with Crippen LogP contribution in [0.3, 0.4) is 0 Å². The first-order chi connectivity index (χ1) is 15.9. The predicted molar refractivity (Wildman–Crippen MR) is 141 cm³/mol. The van der Waals surface area contributed by atoms with Crippen LogP contribution in [0.25, 0.3) is 6.08 Å². The maximum Gasteiger partial charge on any atom is 0.331 e. The largest absolute Gasteiger partial charge is 0.459 e. The number of hydrogen-bond acceptors (Lipinski definition) is 3. The van der Waals surface area contributed by atoms with E-state index in [1.165, 1.54) is 69.9 Å². The summed E-state index contributed by atoms with van der Waals surface area (Å²) in [7, 11) is 0. The molecule has 0 bridgehead atoms. The molecule has 0 aromatic heterocycles. The summed E-state index contributed by atoms with van der Waals surface area (Å²) in [4.78, 5) is 22.3. The second kappa shape index (κ2) is 21.5. The number of nitrogens with one attached hydrogen (secondary N) is 1. The highest BCUT2D eigenvalue weighted by molar-refractivity contribution is 5.87. The minimum atomic E-state index is -0.287. The van der Waals surface area contributed by atoms with Gasteiger partial charge in [0.25, 0.3) is 0 Å². The highest BCUT2D eigenvalue weighted by Gasteiger charge is 2.10. The molecule has 0 saturated heterocycles. The van der Waals surface area contributed by atoms with Crippen molar-refractivity contribution in [1.82, 2.24) is 5.32 Å². The van der Waals surface area contributed by atoms with Crippen LogP contribution in [0.1, 0.15) is 97.5 Å². The van der Waals surface area contributed by atoms with E-state index >= 15 is 0 Å². The lowest BCUT2D eigenvalue weighted by atomic mass is 10.1. The molecule has 4 heteroatoms. The van der Waals surface area contributed by atoms with Crippen molar-refractivity contribution in [2.75, 3.05) is 6.54 Å². The molecule has 186 valence electrons. The number of esters is 1. The molecule has 1 aromatic carbocycles. The molecular formula is C29H47NO3. The first kappa shape index (κ1) is 30.6. The van der Waals surface area contributed by atoms with Crippen molar-refractivity contribution < 1.29 is 14.3 Å². The number of ether oxygens (including phenoxy) is 1. The Morgan fingerprint density at radius 3 is 1.97 bits per heavy atom. The zero-order chi connectivity index (χ0) is 24.7. The van der Waals surface area contributed by atoms with Crippen molar-refractivity contribution in [3.05, 3.63) is 54.6 Å². The molecule has 0 aliphatic rings. The summed E-state index contributed by atoms with van der Waals surface area (Å²) in [6.07, 6.45) is 17.8. The van der Waals surface area contributed by atoms with Crippen LogP contribution in [-0.4, -0.2) is 24.5 Å². The van der Waals surface area contributed by atoms with Crippen molar-refractivity contribution >= 4 is 18.0 Å². The van der Waals surface area contributed by atoms with Crippen molar-refractivity contribution in [2.24, 2.45) is 5.92 Å². The quantitative estimate of drug-likeness (QED) is 0.159. The fraction of sp³-hybridized carbons (Fsp3) is 0.586. The molecule has 0 fully saturated rings. The lowest BCUT2D eigenvalue weighted by Crippen LogP contribution is -2.21. The molecule has 1 unspecified atom stereocenters. The fourth-order valence-corrected chi connectivity index (χ4v) is 2.98. The van der Waals surface area contributed by atoms with Gasteiger partial charge >= 0.3 is 5.97 Å². The first-order valence-corrected chi connectivity index (χ1v) is 12.7. The van der Waals surface area contributed by atoms with Gasteiger partial charge in [0.1, 0.15) is 6.10 Å². The van der Waals surface area contributed by atoms with E-state index in [9.17, 15) is 9.59 Å². The Bertz CT molecular complexity index is 652. The average Bonchev–Trinajstić information content (AvgIpc) is 2.82. The summed E-state index contributed by atoms with van der Waals surface area (Å²) >= 11 is 0. The topological polar surface area (TPSA) is 55.4 Å². The molecule has 0 aliphatic carbocycles. The number of carbonyl (C=O) groups is 2. The van der Waals surface area contributed by atoms with Crippen LogP contribution in [0, 0.1) is 5.92 Å². The second-order valence-corrected chi connectivity index (χ2v) is 8.81. The lowest BCUT2D eigenvalue weighted by molar-refractivity contribution is -0.144. The van der Waals surface area contributed by atoms with E-state index in [0.717, 1.165) is 18.5 Å². The predicted octanol–water partition coefficient (Wildman–Crippen LogP) is 7.50. The van der Waals surface area contributed by atoms with E-state index in [1.807, 2.05) is 51.1 Å². The highest BCUT2D eigenvalue weighted by atomic mass is 16.5. The number of amides is 1. The summed E-state index contributed by atoms with van der Waals surface area (Å²) in [5.41, 5.74) is 0.997. The number of rotatable bonds is 16. The zero-order valence-electron chi connectivity index (χ0n) is 21.5. The van der Waals surface area contributed by atoms with Gasteiger partial charge in [-0.2, -0.15) is 0 Å². The third-order valence-electron chi connectivity index (χ3n) is 5.47. The van der Waals surface area contributed by atoms with Gasteiger partial charge < -0.3 is 10.1 Å². The smallest absolute Gasteiger partial charge is 0.331 e. The Morgan fingerprint density at radius 2 is 1.45 bits per heavy atom. The van der Waals surface area contributed by atoms with Gasteiger partial charge in [-0.3, -0.25) is 4.79 Å². The SMILES string of the molecule is C=CC(=O)NCCCCCCCCCCCC.CC(C)C(C)OC(=O)/C=C\c1ccccc1. The van der Waals surface area contributed by atoms with Crippen LogP contribution < -0.4 is 5.32 Å². The summed E-state index contributed by atoms with van der Waals surface area (Å²) in [5.74, 6) is 0.0000486. The molecule has 1 aromatic rings. The van der Waals surface area contributed by atoms with Crippen LogP contribution in [-0.2, 0) is 14.3 Å². The Labute approximate surface area is 202 Å². The Kier molecular flexibility index (Phi) is 19.9. The minimum absolute atomic E-state index is 0.0482. The van der Waals surface area contributed by atoms with Gasteiger partial charge in [-0.15, -0.1) is 0 Å². The maximum absolute atomic E-state index is 11.4. The van der Waals surface area contributed by atoms with E-state index in [2.05, 4.69) is 18.8 Å². The van der Waals surface area contributed by atoms with Crippen molar-refractivity contribution in [3.8, 4) is 0 Å². The molecule has 0 saturated carbocycles. The lowest BCUT2D eigenvalue weighted by Gasteiger charge is -2.14. The summed E-state index contributed by atoms with van der Waals surface area (Å²) < 4.78 is 5.21. The first-order valence-electron chi connectivity index (χ1n) is 12.7. The fourth-order valence-electron chi connectivity index (χ4n) is 2.98. The standard InChI is InChI=1S/C15H29NO.C14H18O2/c1-3-5-6-7-8-9-10-11-12-13-14-16-15(17)4-2;1-11(2)12(3)16-14(15)10-9-13-7-5-4-6-8-13/h4H,2-3,5-14H2,1H3,(H,16,17);4-12H,1-3H3/b;10-9-. The van der Waals surface area contributed by atoms with Gasteiger partial charge in [-0.1, -0.05) is 115 Å². The third-order valence-corrected chi connectivity index (χ3v) is 5.47. The van der Waals surface area contributed by atoms with Crippen LogP contribution in [0.4, 0.5) is 0 Å². The van der Waals surface area contributed by atoms with Gasteiger partial charge in [0.2, 0.25) is 5.91 Å². The molecule has 4 nitrogen and oxygen atoms in total. The number of benzene rings is 1. The average molecular weight is 458 g/mol. The Morgan fingerprint density at radius 1 is 0.909 bits per heavy atom. The zero-order valence-corrected chi connectivity index (χ0v) is 21.5. The van der Waals surface area contributed by atoms with Crippen LogP contribution in [0.15, 0.2) is 49.1 Å². The molecule has 1 rings (SSSR count). The molecule has 0 aliphatic heterocycles. The van der Waals surface area contributed by atoms with Gasteiger partial charge in [-0.25, -0.2) is 4.79 Å². The molecule has 33 heavy (non-hydrogen) atoms. The summed E-state index contributed by atoms with van der Waals surface area (Å²) in [6.45, 7) is 12.4. The normalized spacial score (nSPS) is 11.5. The Balaban J connectivity index is 0.000000621. The monoisotopic (exact) mass is 457 g/mol. The van der Waals surface area contributed by atoms with Gasteiger partial charge in [0.05, 0.1) is 0 Å². The van der Waals surface area contributed by atoms with Crippen molar-refractivity contribution in [1.29, 1.82) is 0 Å². The summed E-state index contributed by atoms with van der Waals surface area (Å²) in [5, 5.41) is 2.80. The van der Waals surface area contributed by atoms with E-state index in [-0.39, 0.29) is 18.0 Å². The number of unbranched alkanes of at least 4 members (excludes halogenated alkanes) is 9. The highest BCUT2D eigenvalue weighted by Crippen LogP contribution is 2.10. The van der Waals surface area contributed by atoms with Crippen LogP contribution in [0.2, 0.25) is 0 Å². The summed E-state index contributed by atoms with van der Waals surface area (Å²) in [6, 6.07) is 9.69. The van der Waals surface area contributed by atoms with Crippen LogP contribution in [0.5, 0.6) is 0 Å². The Hall–Kier alpha value is -2.36. The number of hydrogen-bond donors (Lipinski definition) is 1. The van der Waals surface area contributed by atoms with Crippen molar-refractivity contribution in [3.63, 3.8) is 0 Å². The third kappa shape index (κ3) is 20.0. The second-order valence-electron chi connectivity index (χ2n) is 8.81. The molecule has 1 N–H and O–H groups in total. The minimum Gasteiger partial charge on any atom is -0.459 e. The molecule has 0 radical (unpaired) electrons. The van der Waals surface area contributed by atoms with Gasteiger partial charge in [-0.05, 0) is 37.0 Å². The van der Waals surface area contributed by atoms with E-state index in [1.54, 1.807) is 6.08 Å². The molecule has 1 atom stereocenters. The maximum atomic E-state index is 11.4. The molecule has 0 heterocycles. The van der Waals surface area contributed by atoms with Gasteiger partial charge in [0, 0.05) is 12.6 Å². The van der Waals surface area contributed by atoms with E-state index < -0.39 is 0 Å². The molecule has 1 amide bonds. The van der Waals surface area contributed by atoms with Crippen LogP contribution >= 0.6 is 0 Å². The van der Waals surface area contributed by atoms with Crippen molar-refractivity contribution in [2.45, 2.75) is 98.0 Å².